The summed E-state index contributed by atoms with van der Waals surface area (Å²) in [5, 5.41) is 45.6. The topological polar surface area (TPSA) is 138 Å². The van der Waals surface area contributed by atoms with E-state index in [0.717, 1.165) is 24.8 Å². The molecule has 0 aromatic carbocycles. The van der Waals surface area contributed by atoms with E-state index in [1.165, 1.54) is 0 Å². The first-order valence-corrected chi connectivity index (χ1v) is 14.8. The summed E-state index contributed by atoms with van der Waals surface area (Å²) < 4.78 is 22.9. The highest BCUT2D eigenvalue weighted by Gasteiger charge is 2.72. The van der Waals surface area contributed by atoms with E-state index in [9.17, 15) is 25.4 Å². The Balaban J connectivity index is 1.21. The second-order valence-electron chi connectivity index (χ2n) is 13.4. The smallest absolute Gasteiger partial charge is 0.331 e. The molecule has 1 saturated heterocycles. The number of cyclic esters (lactones) is 1. The number of hydrogen-bond acceptors (Lipinski definition) is 9. The number of esters is 1. The lowest BCUT2D eigenvalue weighted by molar-refractivity contribution is -0.286. The number of aliphatic hydroxyl groups is 3. The number of methoxy groups -OCH3 is 1. The fourth-order valence-electron chi connectivity index (χ4n) is 9.91. The van der Waals surface area contributed by atoms with E-state index in [1.54, 1.807) is 20.1 Å². The average molecular weight is 546 g/mol. The molecular weight excluding hydrogens is 502 g/mol. The third-order valence-corrected chi connectivity index (χ3v) is 12.0. The van der Waals surface area contributed by atoms with Gasteiger partial charge >= 0.3 is 5.97 Å². The third-order valence-electron chi connectivity index (χ3n) is 12.0. The second-order valence-corrected chi connectivity index (χ2v) is 13.4. The van der Waals surface area contributed by atoms with E-state index in [2.05, 4.69) is 13.0 Å². The summed E-state index contributed by atoms with van der Waals surface area (Å²) in [6, 6.07) is 2.62. The molecule has 0 amide bonds. The van der Waals surface area contributed by atoms with Crippen LogP contribution in [0.3, 0.4) is 0 Å². The Bertz CT molecular complexity index is 1070. The molecule has 0 spiro atoms. The molecule has 6 aliphatic rings. The van der Waals surface area contributed by atoms with Crippen molar-refractivity contribution in [3.05, 3.63) is 11.6 Å². The van der Waals surface area contributed by atoms with Gasteiger partial charge in [0, 0.05) is 31.4 Å². The minimum atomic E-state index is -1.21. The van der Waals surface area contributed by atoms with Crippen LogP contribution in [0.4, 0.5) is 0 Å². The van der Waals surface area contributed by atoms with Gasteiger partial charge in [-0.05, 0) is 81.6 Å². The first-order valence-electron chi connectivity index (χ1n) is 14.8. The monoisotopic (exact) mass is 545 g/mol. The molecular formula is C30H43NO8. The molecule has 216 valence electrons. The van der Waals surface area contributed by atoms with Crippen LogP contribution in [0.2, 0.25) is 0 Å². The van der Waals surface area contributed by atoms with Crippen LogP contribution in [-0.4, -0.2) is 76.9 Å². The lowest BCUT2D eigenvalue weighted by atomic mass is 9.41. The predicted molar refractivity (Wildman–Crippen MR) is 138 cm³/mol. The van der Waals surface area contributed by atoms with Crippen molar-refractivity contribution in [1.29, 1.82) is 5.26 Å². The lowest BCUT2D eigenvalue weighted by Gasteiger charge is -2.64. The molecule has 0 radical (unpaired) electrons. The number of hydrogen-bond donors (Lipinski definition) is 3. The van der Waals surface area contributed by atoms with E-state index in [0.29, 0.717) is 51.6 Å². The van der Waals surface area contributed by atoms with Gasteiger partial charge < -0.3 is 34.3 Å². The summed E-state index contributed by atoms with van der Waals surface area (Å²) in [5.74, 6) is -0.396. The molecule has 2 heterocycles. The molecule has 2 aliphatic heterocycles. The summed E-state index contributed by atoms with van der Waals surface area (Å²) >= 11 is 0. The zero-order valence-corrected chi connectivity index (χ0v) is 23.3. The van der Waals surface area contributed by atoms with Crippen LogP contribution in [0.1, 0.15) is 78.1 Å². The Morgan fingerprint density at radius 2 is 1.87 bits per heavy atom. The van der Waals surface area contributed by atoms with Crippen LogP contribution in [0, 0.1) is 39.9 Å². The van der Waals surface area contributed by atoms with Crippen LogP contribution in [0.15, 0.2) is 11.6 Å². The first-order chi connectivity index (χ1) is 18.5. The van der Waals surface area contributed by atoms with E-state index in [1.807, 2.05) is 0 Å². The summed E-state index contributed by atoms with van der Waals surface area (Å²) in [6.07, 6.45) is 5.21. The molecule has 5 fully saturated rings. The molecule has 0 aromatic rings. The normalized spacial score (nSPS) is 53.2. The summed E-state index contributed by atoms with van der Waals surface area (Å²) in [4.78, 5) is 11.8. The van der Waals surface area contributed by atoms with Crippen molar-refractivity contribution >= 4 is 5.97 Å². The molecule has 0 bridgehead atoms. The van der Waals surface area contributed by atoms with Crippen LogP contribution < -0.4 is 0 Å². The molecule has 39 heavy (non-hydrogen) atoms. The van der Waals surface area contributed by atoms with E-state index in [4.69, 9.17) is 18.9 Å². The Morgan fingerprint density at radius 1 is 1.10 bits per heavy atom. The van der Waals surface area contributed by atoms with Gasteiger partial charge in [0.15, 0.2) is 6.29 Å². The molecule has 12 atom stereocenters. The maximum atomic E-state index is 12.4. The second kappa shape index (κ2) is 9.50. The third kappa shape index (κ3) is 3.89. The fraction of sp³-hybridized carbons (Fsp3) is 0.867. The number of fused-ring (bicyclic) bond motifs is 5. The van der Waals surface area contributed by atoms with Gasteiger partial charge in [0.1, 0.15) is 12.7 Å². The Labute approximate surface area is 230 Å². The number of nitriles is 1. The van der Waals surface area contributed by atoms with Crippen molar-refractivity contribution in [3.8, 4) is 6.07 Å². The fourth-order valence-corrected chi connectivity index (χ4v) is 9.91. The number of aliphatic hydroxyl groups excluding tert-OH is 1. The highest BCUT2D eigenvalue weighted by molar-refractivity contribution is 5.85. The maximum absolute atomic E-state index is 12.4. The van der Waals surface area contributed by atoms with Crippen LogP contribution in [0.25, 0.3) is 0 Å². The standard InChI is InChI=1S/C30H43NO8/c1-17-26(33)23(36-3)13-25(38-17)39-19-4-9-28(16-31)21-5-8-27(2)20(18-12-24(32)37-15-18)7-11-30(27,35)22(21)6-10-29(28,34)14-19/h12,17,19-23,25-26,33-35H,4-11,13-15H2,1-3H3/t17-,19-,20+,21+,22-,23-,25+,26-,27-,28+,29+,30+/m1/s1. The Morgan fingerprint density at radius 3 is 2.56 bits per heavy atom. The molecule has 4 saturated carbocycles. The van der Waals surface area contributed by atoms with Crippen LogP contribution in [0.5, 0.6) is 0 Å². The van der Waals surface area contributed by atoms with Gasteiger partial charge in [-0.2, -0.15) is 5.26 Å². The van der Waals surface area contributed by atoms with Crippen molar-refractivity contribution < 1.29 is 39.1 Å². The van der Waals surface area contributed by atoms with Gasteiger partial charge in [-0.25, -0.2) is 4.79 Å². The number of rotatable bonds is 4. The number of nitrogens with zero attached hydrogens (tertiary/aromatic N) is 1. The summed E-state index contributed by atoms with van der Waals surface area (Å²) in [6.45, 7) is 4.26. The lowest BCUT2D eigenvalue weighted by Crippen LogP contribution is -2.68. The summed E-state index contributed by atoms with van der Waals surface area (Å²) in [5.41, 5.74) is -2.50. The van der Waals surface area contributed by atoms with E-state index >= 15 is 0 Å². The molecule has 0 aromatic heterocycles. The Kier molecular flexibility index (Phi) is 6.73. The van der Waals surface area contributed by atoms with E-state index in [-0.39, 0.29) is 35.9 Å². The van der Waals surface area contributed by atoms with Crippen LogP contribution in [-0.2, 0) is 23.7 Å². The zero-order chi connectivity index (χ0) is 27.8. The van der Waals surface area contributed by atoms with Crippen molar-refractivity contribution in [2.45, 2.75) is 120 Å². The van der Waals surface area contributed by atoms with Gasteiger partial charge in [-0.15, -0.1) is 0 Å². The van der Waals surface area contributed by atoms with Gasteiger partial charge in [0.25, 0.3) is 0 Å². The van der Waals surface area contributed by atoms with Crippen molar-refractivity contribution in [3.63, 3.8) is 0 Å². The molecule has 0 unspecified atom stereocenters. The van der Waals surface area contributed by atoms with Gasteiger partial charge in [-0.1, -0.05) is 6.92 Å². The van der Waals surface area contributed by atoms with Crippen LogP contribution >= 0.6 is 0 Å². The van der Waals surface area contributed by atoms with Gasteiger partial charge in [0.2, 0.25) is 0 Å². The minimum absolute atomic E-state index is 0.0799. The molecule has 9 nitrogen and oxygen atoms in total. The maximum Gasteiger partial charge on any atom is 0.331 e. The summed E-state index contributed by atoms with van der Waals surface area (Å²) in [7, 11) is 1.57. The highest BCUT2D eigenvalue weighted by atomic mass is 16.7. The number of carbonyl (C=O) groups is 1. The zero-order valence-electron chi connectivity index (χ0n) is 23.3. The van der Waals surface area contributed by atoms with E-state index < -0.39 is 40.5 Å². The highest BCUT2D eigenvalue weighted by Crippen LogP contribution is 2.70. The first kappa shape index (κ1) is 27.6. The van der Waals surface area contributed by atoms with Crippen molar-refractivity contribution in [1.82, 2.24) is 0 Å². The number of carbonyl (C=O) groups excluding carboxylic acids is 1. The van der Waals surface area contributed by atoms with Gasteiger partial charge in [0.05, 0.1) is 41.0 Å². The number of ether oxygens (including phenoxy) is 4. The molecule has 6 rings (SSSR count). The molecule has 4 aliphatic carbocycles. The average Bonchev–Trinajstić information content (AvgIpc) is 3.45. The SMILES string of the molecule is CO[C@@H]1C[C@H](O[C@@H]2CC[C@]3(C#N)[C@H]4CC[C@]5(C)[C@H](C6=CC(=O)OC6)CC[C@]5(O)[C@@H]4CC[C@]3(O)C2)O[C@H](C)[C@H]1O. The minimum Gasteiger partial charge on any atom is -0.458 e. The Hall–Kier alpha value is -1.54. The molecule has 3 N–H and O–H groups in total. The predicted octanol–water partition coefficient (Wildman–Crippen LogP) is 2.76. The largest absolute Gasteiger partial charge is 0.458 e. The molecule has 9 heteroatoms. The van der Waals surface area contributed by atoms with Crippen molar-refractivity contribution in [2.75, 3.05) is 13.7 Å². The quantitative estimate of drug-likeness (QED) is 0.359. The van der Waals surface area contributed by atoms with Crippen molar-refractivity contribution in [2.24, 2.45) is 28.6 Å². The van der Waals surface area contributed by atoms with Gasteiger partial charge in [-0.3, -0.25) is 0 Å².